The Balaban J connectivity index is 1.22. The average molecular weight is 718 g/mol. The third kappa shape index (κ3) is 8.02. The second-order valence-electron chi connectivity index (χ2n) is 16.8. The molecule has 6 fully saturated rings. The number of hydrogen-bond acceptors (Lipinski definition) is 7. The van der Waals surface area contributed by atoms with Crippen LogP contribution in [-0.4, -0.2) is 90.1 Å². The molecule has 5 amide bonds. The summed E-state index contributed by atoms with van der Waals surface area (Å²) >= 11 is 0. The molecule has 3 saturated heterocycles. The number of nitrogens with one attached hydrogen (secondary N) is 4. The van der Waals surface area contributed by atoms with Crippen molar-refractivity contribution in [2.75, 3.05) is 12.3 Å². The maximum absolute atomic E-state index is 14.5. The van der Waals surface area contributed by atoms with Crippen molar-refractivity contribution in [3.05, 3.63) is 0 Å². The smallest absolute Gasteiger partial charge is 0.315 e. The molecule has 50 heavy (non-hydrogen) atoms. The zero-order valence-electron chi connectivity index (χ0n) is 30.1. The molecule has 0 unspecified atom stereocenters. The van der Waals surface area contributed by atoms with Gasteiger partial charge in [-0.25, -0.2) is 13.2 Å². The number of carbonyl (C=O) groups is 5. The molecule has 6 aliphatic rings. The van der Waals surface area contributed by atoms with E-state index < -0.39 is 62.4 Å². The number of sulfone groups is 1. The number of urea groups is 1. The van der Waals surface area contributed by atoms with Crippen LogP contribution in [0.1, 0.15) is 136 Å². The van der Waals surface area contributed by atoms with Gasteiger partial charge < -0.3 is 26.2 Å². The van der Waals surface area contributed by atoms with E-state index in [-0.39, 0.29) is 35.0 Å². The van der Waals surface area contributed by atoms with E-state index in [0.29, 0.717) is 51.5 Å². The van der Waals surface area contributed by atoms with Gasteiger partial charge in [0.05, 0.1) is 22.6 Å². The highest BCUT2D eigenvalue weighted by Gasteiger charge is 2.69. The Morgan fingerprint density at radius 3 is 2.06 bits per heavy atom. The zero-order valence-corrected chi connectivity index (χ0v) is 30.9. The molecule has 0 aromatic carbocycles. The van der Waals surface area contributed by atoms with Crippen LogP contribution in [-0.2, 0) is 29.0 Å². The second kappa shape index (κ2) is 15.1. The summed E-state index contributed by atoms with van der Waals surface area (Å²) in [6.07, 6.45) is 14.5. The van der Waals surface area contributed by atoms with Crippen LogP contribution in [0.3, 0.4) is 0 Å². The monoisotopic (exact) mass is 717 g/mol. The van der Waals surface area contributed by atoms with Crippen LogP contribution in [0.15, 0.2) is 0 Å². The molecule has 13 heteroatoms. The molecule has 6 rings (SSSR count). The van der Waals surface area contributed by atoms with Gasteiger partial charge in [0, 0.05) is 12.6 Å². The van der Waals surface area contributed by atoms with Crippen molar-refractivity contribution >= 4 is 39.4 Å². The van der Waals surface area contributed by atoms with E-state index in [0.717, 1.165) is 77.0 Å². The Kier molecular flexibility index (Phi) is 11.2. The zero-order chi connectivity index (χ0) is 35.7. The van der Waals surface area contributed by atoms with Crippen molar-refractivity contribution in [1.82, 2.24) is 26.2 Å². The van der Waals surface area contributed by atoms with E-state index in [9.17, 15) is 32.4 Å². The summed E-state index contributed by atoms with van der Waals surface area (Å²) in [6.45, 7) is 4.56. The third-order valence-corrected chi connectivity index (χ3v) is 15.3. The Morgan fingerprint density at radius 2 is 1.40 bits per heavy atom. The van der Waals surface area contributed by atoms with Gasteiger partial charge in [-0.2, -0.15) is 0 Å². The quantitative estimate of drug-likeness (QED) is 0.304. The normalized spacial score (nSPS) is 34.3. The number of fused-ring (bicyclic) bond motifs is 3. The second-order valence-corrected chi connectivity index (χ2v) is 19.1. The molecule has 4 N–H and O–H groups in total. The van der Waals surface area contributed by atoms with Crippen molar-refractivity contribution in [1.29, 1.82) is 0 Å². The first-order valence-corrected chi connectivity index (χ1v) is 21.3. The summed E-state index contributed by atoms with van der Waals surface area (Å²) in [7, 11) is -3.37. The van der Waals surface area contributed by atoms with Gasteiger partial charge in [-0.15, -0.1) is 0 Å². The lowest BCUT2D eigenvalue weighted by atomic mass is 9.77. The number of hydrogen-bond donors (Lipinski definition) is 4. The first kappa shape index (κ1) is 37.1. The molecule has 3 saturated carbocycles. The number of rotatable bonds is 6. The minimum Gasteiger partial charge on any atom is -0.347 e. The van der Waals surface area contributed by atoms with Gasteiger partial charge in [-0.05, 0) is 68.6 Å². The molecule has 0 radical (unpaired) electrons. The standard InChI is InChI=1S/C37H59N5O7S/c1-36(2)25-23-42-30(29(25)36)32(44)39-26(31(43)33(45)38-24-18-19-24)15-9-6-4-3-5-7-10-16-27(34(42)46)40-35(47)41-37(20-12-8-13-21-37)28-17-11-14-22-50(28,48)49/h24-30H,3-23H2,1-2H3,(H,38,45)(H,39,44)(H2,40,41,47)/t25-,26-,27-,28-,29-,30-/m0/s1. The first-order chi connectivity index (χ1) is 23.8. The SMILES string of the molecule is CC1(C)[C@@H]2[C@H]3C(=O)N[C@H](C(=O)C(=O)NC4CC4)CCCCCCCCC[C@H](NC(=O)NC4([C@@H]5CCCCS5(=O)=O)CCCCC4)C(=O)N3C[C@@H]21. The summed E-state index contributed by atoms with van der Waals surface area (Å²) in [4.78, 5) is 70.3. The minimum absolute atomic E-state index is 0.0194. The highest BCUT2D eigenvalue weighted by molar-refractivity contribution is 7.92. The van der Waals surface area contributed by atoms with Crippen LogP contribution < -0.4 is 21.3 Å². The third-order valence-electron chi connectivity index (χ3n) is 12.9. The predicted molar refractivity (Wildman–Crippen MR) is 189 cm³/mol. The Bertz CT molecular complexity index is 1420. The lowest BCUT2D eigenvalue weighted by Gasteiger charge is -2.45. The molecular weight excluding hydrogens is 659 g/mol. The van der Waals surface area contributed by atoms with E-state index >= 15 is 0 Å². The summed E-state index contributed by atoms with van der Waals surface area (Å²) in [5.74, 6) is -1.91. The van der Waals surface area contributed by atoms with Crippen LogP contribution in [0.4, 0.5) is 4.79 Å². The predicted octanol–water partition coefficient (Wildman–Crippen LogP) is 3.66. The number of ketones is 1. The lowest BCUT2D eigenvalue weighted by Crippen LogP contribution is -2.64. The van der Waals surface area contributed by atoms with Crippen LogP contribution in [0.2, 0.25) is 0 Å². The Morgan fingerprint density at radius 1 is 0.780 bits per heavy atom. The van der Waals surface area contributed by atoms with Crippen molar-refractivity contribution < 1.29 is 32.4 Å². The number of Topliss-reactive ketones (excluding diaryl/α,β-unsaturated/α-hetero) is 1. The molecule has 0 spiro atoms. The fraction of sp³-hybridized carbons (Fsp3) is 0.865. The van der Waals surface area contributed by atoms with Crippen molar-refractivity contribution in [3.63, 3.8) is 0 Å². The van der Waals surface area contributed by atoms with E-state index in [1.807, 2.05) is 0 Å². The highest BCUT2D eigenvalue weighted by Crippen LogP contribution is 2.65. The molecular formula is C37H59N5O7S. The largest absolute Gasteiger partial charge is 0.347 e. The van der Waals surface area contributed by atoms with Gasteiger partial charge in [0.2, 0.25) is 17.6 Å². The molecule has 3 heterocycles. The van der Waals surface area contributed by atoms with E-state index in [2.05, 4.69) is 35.1 Å². The minimum atomic E-state index is -3.37. The maximum atomic E-state index is 14.5. The molecule has 280 valence electrons. The summed E-state index contributed by atoms with van der Waals surface area (Å²) in [5, 5.41) is 11.2. The van der Waals surface area contributed by atoms with Gasteiger partial charge in [-0.1, -0.05) is 84.5 Å². The number of carbonyl (C=O) groups excluding carboxylic acids is 5. The van der Waals surface area contributed by atoms with E-state index in [1.165, 1.54) is 0 Å². The fourth-order valence-corrected chi connectivity index (χ4v) is 12.1. The molecule has 12 nitrogen and oxygen atoms in total. The van der Waals surface area contributed by atoms with Crippen molar-refractivity contribution in [2.45, 2.75) is 171 Å². The number of nitrogens with zero attached hydrogens (tertiary/aromatic N) is 1. The number of amides is 5. The maximum Gasteiger partial charge on any atom is 0.315 e. The average Bonchev–Trinajstić information content (AvgIpc) is 3.92. The van der Waals surface area contributed by atoms with Crippen LogP contribution in [0.25, 0.3) is 0 Å². The molecule has 6 atom stereocenters. The van der Waals surface area contributed by atoms with Gasteiger partial charge in [0.15, 0.2) is 9.84 Å². The molecule has 3 aliphatic heterocycles. The van der Waals surface area contributed by atoms with Crippen LogP contribution in [0, 0.1) is 17.3 Å². The Hall–Kier alpha value is -2.70. The van der Waals surface area contributed by atoms with Crippen LogP contribution >= 0.6 is 0 Å². The fourth-order valence-electron chi connectivity index (χ4n) is 9.73. The van der Waals surface area contributed by atoms with E-state index in [1.54, 1.807) is 4.90 Å². The molecule has 0 bridgehead atoms. The lowest BCUT2D eigenvalue weighted by molar-refractivity contribution is -0.144. The van der Waals surface area contributed by atoms with Crippen molar-refractivity contribution in [3.8, 4) is 0 Å². The topological polar surface area (TPSA) is 171 Å². The van der Waals surface area contributed by atoms with Gasteiger partial charge >= 0.3 is 6.03 Å². The molecule has 3 aliphatic carbocycles. The first-order valence-electron chi connectivity index (χ1n) is 19.6. The molecule has 0 aromatic heterocycles. The van der Waals surface area contributed by atoms with Gasteiger partial charge in [-0.3, -0.25) is 19.2 Å². The summed E-state index contributed by atoms with van der Waals surface area (Å²) in [5.41, 5.74) is -1.03. The number of piperidine rings is 1. The van der Waals surface area contributed by atoms with E-state index in [4.69, 9.17) is 0 Å². The van der Waals surface area contributed by atoms with Crippen LogP contribution in [0.5, 0.6) is 0 Å². The summed E-state index contributed by atoms with van der Waals surface area (Å²) in [6, 6.07) is -3.18. The highest BCUT2D eigenvalue weighted by atomic mass is 32.2. The summed E-state index contributed by atoms with van der Waals surface area (Å²) < 4.78 is 26.6. The van der Waals surface area contributed by atoms with Gasteiger partial charge in [0.1, 0.15) is 12.1 Å². The van der Waals surface area contributed by atoms with Crippen molar-refractivity contribution in [2.24, 2.45) is 17.3 Å². The van der Waals surface area contributed by atoms with Gasteiger partial charge in [0.25, 0.3) is 5.91 Å². The molecule has 0 aromatic rings. The Labute approximate surface area is 297 Å².